The first kappa shape index (κ1) is 12.2. The summed E-state index contributed by atoms with van der Waals surface area (Å²) in [6.07, 6.45) is 2.87. The molecule has 0 aliphatic carbocycles. The Morgan fingerprint density at radius 2 is 1.73 bits per heavy atom. The SMILES string of the molecule is CC(C)(C)Cc1ccc(C(C)(C)O)nc1. The summed E-state index contributed by atoms with van der Waals surface area (Å²) in [7, 11) is 0. The molecule has 84 valence electrons. The van der Waals surface area contributed by atoms with Crippen LogP contribution in [-0.2, 0) is 12.0 Å². The molecular formula is C13H21NO. The molecule has 1 heterocycles. The number of rotatable bonds is 2. The molecule has 1 aromatic heterocycles. The lowest BCUT2D eigenvalue weighted by Crippen LogP contribution is -2.17. The van der Waals surface area contributed by atoms with Crippen molar-refractivity contribution in [1.82, 2.24) is 4.98 Å². The van der Waals surface area contributed by atoms with Crippen LogP contribution < -0.4 is 0 Å². The fourth-order valence-electron chi connectivity index (χ4n) is 1.50. The highest BCUT2D eigenvalue weighted by atomic mass is 16.3. The predicted octanol–water partition coefficient (Wildman–Crippen LogP) is 2.90. The molecule has 0 aliphatic heterocycles. The Bertz CT molecular complexity index is 314. The van der Waals surface area contributed by atoms with Crippen LogP contribution in [0.15, 0.2) is 18.3 Å². The topological polar surface area (TPSA) is 33.1 Å². The Kier molecular flexibility index (Phi) is 3.19. The molecule has 0 amide bonds. The van der Waals surface area contributed by atoms with Gasteiger partial charge in [0.15, 0.2) is 0 Å². The smallest absolute Gasteiger partial charge is 0.101 e. The number of pyridine rings is 1. The van der Waals surface area contributed by atoms with E-state index in [2.05, 4.69) is 25.8 Å². The van der Waals surface area contributed by atoms with Gasteiger partial charge in [-0.05, 0) is 37.3 Å². The molecule has 0 saturated carbocycles. The minimum absolute atomic E-state index is 0.276. The van der Waals surface area contributed by atoms with Crippen LogP contribution in [0.5, 0.6) is 0 Å². The average Bonchev–Trinajstić information content (AvgIpc) is 2.00. The van der Waals surface area contributed by atoms with Crippen molar-refractivity contribution < 1.29 is 5.11 Å². The fourth-order valence-corrected chi connectivity index (χ4v) is 1.50. The Labute approximate surface area is 92.4 Å². The molecule has 0 fully saturated rings. The van der Waals surface area contributed by atoms with Crippen LogP contribution in [0.3, 0.4) is 0 Å². The molecule has 0 aliphatic rings. The molecular weight excluding hydrogens is 186 g/mol. The summed E-state index contributed by atoms with van der Waals surface area (Å²) >= 11 is 0. The Morgan fingerprint density at radius 1 is 1.13 bits per heavy atom. The van der Waals surface area contributed by atoms with Gasteiger partial charge in [-0.25, -0.2) is 0 Å². The van der Waals surface area contributed by atoms with Gasteiger partial charge in [0.1, 0.15) is 5.60 Å². The van der Waals surface area contributed by atoms with E-state index >= 15 is 0 Å². The number of hydrogen-bond donors (Lipinski definition) is 1. The van der Waals surface area contributed by atoms with Gasteiger partial charge in [-0.15, -0.1) is 0 Å². The molecule has 1 aromatic rings. The van der Waals surface area contributed by atoms with E-state index in [9.17, 15) is 5.11 Å². The van der Waals surface area contributed by atoms with Gasteiger partial charge in [0, 0.05) is 6.20 Å². The molecule has 0 spiro atoms. The average molecular weight is 207 g/mol. The highest BCUT2D eigenvalue weighted by molar-refractivity contribution is 5.18. The maximum Gasteiger partial charge on any atom is 0.101 e. The Balaban J connectivity index is 2.82. The first-order valence-corrected chi connectivity index (χ1v) is 5.36. The van der Waals surface area contributed by atoms with Crippen molar-refractivity contribution in [3.05, 3.63) is 29.6 Å². The second-order valence-electron chi connectivity index (χ2n) is 5.85. The molecule has 0 aromatic carbocycles. The quantitative estimate of drug-likeness (QED) is 0.809. The highest BCUT2D eigenvalue weighted by Crippen LogP contribution is 2.22. The van der Waals surface area contributed by atoms with E-state index in [1.807, 2.05) is 18.3 Å². The minimum Gasteiger partial charge on any atom is -0.384 e. The first-order valence-electron chi connectivity index (χ1n) is 5.36. The van der Waals surface area contributed by atoms with Gasteiger partial charge < -0.3 is 5.11 Å². The fraction of sp³-hybridized carbons (Fsp3) is 0.615. The van der Waals surface area contributed by atoms with Gasteiger partial charge in [-0.3, -0.25) is 4.98 Å². The molecule has 1 N–H and O–H groups in total. The maximum absolute atomic E-state index is 9.75. The van der Waals surface area contributed by atoms with Crippen LogP contribution in [0, 0.1) is 5.41 Å². The van der Waals surface area contributed by atoms with E-state index in [4.69, 9.17) is 0 Å². The first-order chi connectivity index (χ1) is 6.68. The summed E-state index contributed by atoms with van der Waals surface area (Å²) < 4.78 is 0. The maximum atomic E-state index is 9.75. The molecule has 0 bridgehead atoms. The van der Waals surface area contributed by atoms with Crippen molar-refractivity contribution in [2.45, 2.75) is 46.6 Å². The largest absolute Gasteiger partial charge is 0.384 e. The van der Waals surface area contributed by atoms with Crippen molar-refractivity contribution >= 4 is 0 Å². The van der Waals surface area contributed by atoms with E-state index in [0.29, 0.717) is 0 Å². The van der Waals surface area contributed by atoms with Gasteiger partial charge >= 0.3 is 0 Å². The number of hydrogen-bond acceptors (Lipinski definition) is 2. The van der Waals surface area contributed by atoms with Crippen LogP contribution in [0.1, 0.15) is 45.9 Å². The lowest BCUT2D eigenvalue weighted by Gasteiger charge is -2.20. The summed E-state index contributed by atoms with van der Waals surface area (Å²) in [6.45, 7) is 10.1. The second kappa shape index (κ2) is 3.93. The zero-order valence-electron chi connectivity index (χ0n) is 10.3. The van der Waals surface area contributed by atoms with Crippen molar-refractivity contribution in [3.63, 3.8) is 0 Å². The van der Waals surface area contributed by atoms with E-state index in [-0.39, 0.29) is 5.41 Å². The molecule has 2 nitrogen and oxygen atoms in total. The van der Waals surface area contributed by atoms with Gasteiger partial charge in [0.05, 0.1) is 5.69 Å². The third-order valence-electron chi connectivity index (χ3n) is 2.19. The zero-order chi connectivity index (χ0) is 11.7. The molecule has 0 radical (unpaired) electrons. The normalized spacial score (nSPS) is 12.9. The number of aliphatic hydroxyl groups is 1. The van der Waals surface area contributed by atoms with Crippen LogP contribution in [0.25, 0.3) is 0 Å². The molecule has 0 atom stereocenters. The zero-order valence-corrected chi connectivity index (χ0v) is 10.3. The van der Waals surface area contributed by atoms with Crippen LogP contribution in [0.4, 0.5) is 0 Å². The van der Waals surface area contributed by atoms with Crippen LogP contribution in [-0.4, -0.2) is 10.1 Å². The highest BCUT2D eigenvalue weighted by Gasteiger charge is 2.18. The summed E-state index contributed by atoms with van der Waals surface area (Å²) in [5.41, 5.74) is 1.37. The van der Waals surface area contributed by atoms with Crippen molar-refractivity contribution in [2.24, 2.45) is 5.41 Å². The Hall–Kier alpha value is -0.890. The molecule has 0 saturated heterocycles. The second-order valence-corrected chi connectivity index (χ2v) is 5.85. The third-order valence-corrected chi connectivity index (χ3v) is 2.19. The van der Waals surface area contributed by atoms with Gasteiger partial charge in [0.2, 0.25) is 0 Å². The molecule has 1 rings (SSSR count). The van der Waals surface area contributed by atoms with Crippen molar-refractivity contribution in [2.75, 3.05) is 0 Å². The van der Waals surface area contributed by atoms with E-state index < -0.39 is 5.60 Å². The summed E-state index contributed by atoms with van der Waals surface area (Å²) in [6, 6.07) is 3.95. The van der Waals surface area contributed by atoms with Crippen molar-refractivity contribution in [1.29, 1.82) is 0 Å². The van der Waals surface area contributed by atoms with Crippen LogP contribution in [0.2, 0.25) is 0 Å². The Morgan fingerprint density at radius 3 is 2.07 bits per heavy atom. The predicted molar refractivity (Wildman–Crippen MR) is 62.6 cm³/mol. The standard InChI is InChI=1S/C13H21NO/c1-12(2,3)8-10-6-7-11(14-9-10)13(4,5)15/h6-7,9,15H,8H2,1-5H3. The molecule has 15 heavy (non-hydrogen) atoms. The van der Waals surface area contributed by atoms with Crippen molar-refractivity contribution in [3.8, 4) is 0 Å². The van der Waals surface area contributed by atoms with Gasteiger partial charge in [-0.2, -0.15) is 0 Å². The van der Waals surface area contributed by atoms with Gasteiger partial charge in [-0.1, -0.05) is 26.8 Å². The van der Waals surface area contributed by atoms with E-state index in [1.165, 1.54) is 5.56 Å². The molecule has 2 heteroatoms. The summed E-state index contributed by atoms with van der Waals surface area (Å²) in [5.74, 6) is 0. The summed E-state index contributed by atoms with van der Waals surface area (Å²) in [4.78, 5) is 4.28. The van der Waals surface area contributed by atoms with Gasteiger partial charge in [0.25, 0.3) is 0 Å². The lowest BCUT2D eigenvalue weighted by molar-refractivity contribution is 0.0738. The number of aromatic nitrogens is 1. The third kappa shape index (κ3) is 4.00. The van der Waals surface area contributed by atoms with Crippen LogP contribution >= 0.6 is 0 Å². The van der Waals surface area contributed by atoms with E-state index in [1.54, 1.807) is 13.8 Å². The summed E-state index contributed by atoms with van der Waals surface area (Å²) in [5, 5.41) is 9.75. The monoisotopic (exact) mass is 207 g/mol. The minimum atomic E-state index is -0.847. The molecule has 0 unspecified atom stereocenters. The lowest BCUT2D eigenvalue weighted by atomic mass is 9.88. The van der Waals surface area contributed by atoms with E-state index in [0.717, 1.165) is 12.1 Å². The number of nitrogens with zero attached hydrogens (tertiary/aromatic N) is 1.